The van der Waals surface area contributed by atoms with Crippen LogP contribution in [-0.2, 0) is 0 Å². The predicted octanol–water partition coefficient (Wildman–Crippen LogP) is 2.15. The fourth-order valence-electron chi connectivity index (χ4n) is 2.27. The predicted molar refractivity (Wildman–Crippen MR) is 76.2 cm³/mol. The fourth-order valence-corrected chi connectivity index (χ4v) is 2.27. The van der Waals surface area contributed by atoms with Crippen molar-refractivity contribution in [3.8, 4) is 5.88 Å². The molecule has 5 nitrogen and oxygen atoms in total. The second-order valence-electron chi connectivity index (χ2n) is 4.68. The number of carbonyl (C=O) groups is 2. The molecule has 1 aromatic heterocycles. The Labute approximate surface area is 122 Å². The molecule has 0 saturated heterocycles. The lowest BCUT2D eigenvalue weighted by atomic mass is 10.1. The van der Waals surface area contributed by atoms with Crippen molar-refractivity contribution in [1.29, 1.82) is 0 Å². The molecule has 0 saturated carbocycles. The van der Waals surface area contributed by atoms with Crippen LogP contribution < -0.4 is 4.74 Å². The van der Waals surface area contributed by atoms with E-state index >= 15 is 0 Å². The lowest BCUT2D eigenvalue weighted by Crippen LogP contribution is -2.31. The number of hydrogen-bond acceptors (Lipinski definition) is 4. The Morgan fingerprint density at radius 2 is 1.62 bits per heavy atom. The molecule has 0 radical (unpaired) electrons. The Balaban J connectivity index is 1.55. The highest BCUT2D eigenvalue weighted by Crippen LogP contribution is 2.22. The quantitative estimate of drug-likeness (QED) is 0.623. The molecular weight excluding hydrogens is 268 g/mol. The van der Waals surface area contributed by atoms with Gasteiger partial charge >= 0.3 is 0 Å². The van der Waals surface area contributed by atoms with E-state index in [2.05, 4.69) is 4.98 Å². The Hall–Kier alpha value is -2.69. The zero-order chi connectivity index (χ0) is 14.7. The van der Waals surface area contributed by atoms with Crippen molar-refractivity contribution in [2.75, 3.05) is 13.2 Å². The van der Waals surface area contributed by atoms with Gasteiger partial charge in [0.1, 0.15) is 0 Å². The minimum Gasteiger partial charge on any atom is -0.478 e. The summed E-state index contributed by atoms with van der Waals surface area (Å²) in [6.07, 6.45) is 2.22. The number of imide groups is 1. The van der Waals surface area contributed by atoms with Gasteiger partial charge in [-0.25, -0.2) is 4.98 Å². The van der Waals surface area contributed by atoms with Crippen molar-refractivity contribution in [2.24, 2.45) is 0 Å². The van der Waals surface area contributed by atoms with Crippen LogP contribution >= 0.6 is 0 Å². The molecule has 0 unspecified atom stereocenters. The molecule has 2 heterocycles. The molecule has 0 aliphatic carbocycles. The van der Waals surface area contributed by atoms with Crippen LogP contribution in [0.1, 0.15) is 27.1 Å². The zero-order valence-corrected chi connectivity index (χ0v) is 11.4. The van der Waals surface area contributed by atoms with Gasteiger partial charge in [0, 0.05) is 18.8 Å². The summed E-state index contributed by atoms with van der Waals surface area (Å²) in [6, 6.07) is 12.3. The molecule has 2 amide bonds. The third kappa shape index (κ3) is 2.63. The number of hydrogen-bond donors (Lipinski definition) is 0. The molecule has 0 spiro atoms. The molecule has 0 atom stereocenters. The first-order chi connectivity index (χ1) is 10.3. The Morgan fingerprint density at radius 1 is 0.952 bits per heavy atom. The van der Waals surface area contributed by atoms with E-state index in [1.807, 2.05) is 12.1 Å². The number of fused-ring (bicyclic) bond motifs is 1. The molecule has 0 bridgehead atoms. The van der Waals surface area contributed by atoms with E-state index in [0.717, 1.165) is 0 Å². The second kappa shape index (κ2) is 5.75. The third-order valence-electron chi connectivity index (χ3n) is 3.29. The van der Waals surface area contributed by atoms with Gasteiger partial charge in [-0.05, 0) is 24.6 Å². The molecule has 106 valence electrons. The highest BCUT2D eigenvalue weighted by atomic mass is 16.5. The van der Waals surface area contributed by atoms with Crippen molar-refractivity contribution < 1.29 is 14.3 Å². The van der Waals surface area contributed by atoms with E-state index in [1.54, 1.807) is 36.5 Å². The normalized spacial score (nSPS) is 13.4. The smallest absolute Gasteiger partial charge is 0.261 e. The molecule has 0 fully saturated rings. The third-order valence-corrected chi connectivity index (χ3v) is 3.29. The first-order valence-corrected chi connectivity index (χ1v) is 6.76. The fraction of sp³-hybridized carbons (Fsp3) is 0.188. The van der Waals surface area contributed by atoms with Gasteiger partial charge in [-0.3, -0.25) is 14.5 Å². The zero-order valence-electron chi connectivity index (χ0n) is 11.4. The number of rotatable bonds is 5. The Kier molecular flexibility index (Phi) is 3.64. The van der Waals surface area contributed by atoms with Gasteiger partial charge < -0.3 is 4.74 Å². The Morgan fingerprint density at radius 3 is 2.24 bits per heavy atom. The summed E-state index contributed by atoms with van der Waals surface area (Å²) in [5, 5.41) is 0. The number of pyridine rings is 1. The maximum absolute atomic E-state index is 12.1. The van der Waals surface area contributed by atoms with Crippen LogP contribution in [0.25, 0.3) is 0 Å². The van der Waals surface area contributed by atoms with Crippen molar-refractivity contribution in [1.82, 2.24) is 9.88 Å². The summed E-state index contributed by atoms with van der Waals surface area (Å²) in [7, 11) is 0. The lowest BCUT2D eigenvalue weighted by molar-refractivity contribution is 0.0646. The van der Waals surface area contributed by atoms with Gasteiger partial charge in [0.2, 0.25) is 5.88 Å². The first-order valence-electron chi connectivity index (χ1n) is 6.76. The minimum absolute atomic E-state index is 0.228. The van der Waals surface area contributed by atoms with Crippen LogP contribution in [0.5, 0.6) is 5.88 Å². The first kappa shape index (κ1) is 13.3. The summed E-state index contributed by atoms with van der Waals surface area (Å²) in [4.78, 5) is 29.6. The van der Waals surface area contributed by atoms with Gasteiger partial charge in [0.15, 0.2) is 0 Å². The monoisotopic (exact) mass is 282 g/mol. The largest absolute Gasteiger partial charge is 0.478 e. The van der Waals surface area contributed by atoms with Crippen LogP contribution in [-0.4, -0.2) is 34.8 Å². The second-order valence-corrected chi connectivity index (χ2v) is 4.68. The van der Waals surface area contributed by atoms with Crippen molar-refractivity contribution in [3.63, 3.8) is 0 Å². The van der Waals surface area contributed by atoms with Gasteiger partial charge in [-0.15, -0.1) is 0 Å². The van der Waals surface area contributed by atoms with E-state index in [1.165, 1.54) is 4.90 Å². The van der Waals surface area contributed by atoms with E-state index in [-0.39, 0.29) is 11.8 Å². The van der Waals surface area contributed by atoms with E-state index in [0.29, 0.717) is 36.6 Å². The van der Waals surface area contributed by atoms with Crippen molar-refractivity contribution in [2.45, 2.75) is 6.42 Å². The number of amides is 2. The molecule has 0 N–H and O–H groups in total. The van der Waals surface area contributed by atoms with E-state index < -0.39 is 0 Å². The van der Waals surface area contributed by atoms with Gasteiger partial charge in [-0.1, -0.05) is 18.2 Å². The lowest BCUT2D eigenvalue weighted by Gasteiger charge is -2.13. The number of nitrogens with zero attached hydrogens (tertiary/aromatic N) is 2. The SMILES string of the molecule is O=C1c2ccccc2C(=O)N1CCCOc1ccccn1. The van der Waals surface area contributed by atoms with Crippen LogP contribution in [0.4, 0.5) is 0 Å². The van der Waals surface area contributed by atoms with Gasteiger partial charge in [-0.2, -0.15) is 0 Å². The molecule has 5 heteroatoms. The van der Waals surface area contributed by atoms with Gasteiger partial charge in [0.05, 0.1) is 17.7 Å². The summed E-state index contributed by atoms with van der Waals surface area (Å²) >= 11 is 0. The number of benzene rings is 1. The number of ether oxygens (including phenoxy) is 1. The molecule has 1 aliphatic heterocycles. The average Bonchev–Trinajstić information content (AvgIpc) is 2.77. The standard InChI is InChI=1S/C16H14N2O3/c19-15-12-6-1-2-7-13(12)16(20)18(15)10-5-11-21-14-8-3-4-9-17-14/h1-4,6-9H,5,10-11H2. The number of carbonyl (C=O) groups excluding carboxylic acids is 2. The summed E-state index contributed by atoms with van der Waals surface area (Å²) < 4.78 is 5.45. The highest BCUT2D eigenvalue weighted by molar-refractivity contribution is 6.21. The maximum Gasteiger partial charge on any atom is 0.261 e. The topological polar surface area (TPSA) is 59.5 Å². The summed E-state index contributed by atoms with van der Waals surface area (Å²) in [5.41, 5.74) is 0.960. The number of aromatic nitrogens is 1. The molecule has 2 aromatic rings. The molecule has 21 heavy (non-hydrogen) atoms. The van der Waals surface area contributed by atoms with Crippen LogP contribution in [0, 0.1) is 0 Å². The minimum atomic E-state index is -0.228. The highest BCUT2D eigenvalue weighted by Gasteiger charge is 2.34. The average molecular weight is 282 g/mol. The van der Waals surface area contributed by atoms with Gasteiger partial charge in [0.25, 0.3) is 11.8 Å². The van der Waals surface area contributed by atoms with Crippen LogP contribution in [0.2, 0.25) is 0 Å². The Bertz CT molecular complexity index is 635. The summed E-state index contributed by atoms with van der Waals surface area (Å²) in [6.45, 7) is 0.754. The molecule has 3 rings (SSSR count). The van der Waals surface area contributed by atoms with Crippen molar-refractivity contribution in [3.05, 3.63) is 59.8 Å². The summed E-state index contributed by atoms with van der Waals surface area (Å²) in [5.74, 6) is 0.0849. The maximum atomic E-state index is 12.1. The van der Waals surface area contributed by atoms with Crippen LogP contribution in [0.3, 0.4) is 0 Å². The molecule has 1 aliphatic rings. The van der Waals surface area contributed by atoms with Crippen LogP contribution in [0.15, 0.2) is 48.7 Å². The van der Waals surface area contributed by atoms with E-state index in [9.17, 15) is 9.59 Å². The molecular formula is C16H14N2O3. The van der Waals surface area contributed by atoms with Crippen molar-refractivity contribution >= 4 is 11.8 Å². The van der Waals surface area contributed by atoms with E-state index in [4.69, 9.17) is 4.74 Å². The molecule has 1 aromatic carbocycles.